The molecule has 1 aromatic heterocycles. The van der Waals surface area contributed by atoms with Crippen molar-refractivity contribution in [3.8, 4) is 0 Å². The first kappa shape index (κ1) is 11.3. The minimum absolute atomic E-state index is 0.684. The number of nitrogens with zero attached hydrogens (tertiary/aromatic N) is 3. The molecule has 3 aliphatic rings. The van der Waals surface area contributed by atoms with Crippen LogP contribution in [-0.4, -0.2) is 33.1 Å². The molecule has 0 amide bonds. The third-order valence-corrected chi connectivity index (χ3v) is 5.23. The Morgan fingerprint density at radius 1 is 1.17 bits per heavy atom. The van der Waals surface area contributed by atoms with Crippen LogP contribution in [0.1, 0.15) is 56.3 Å². The maximum atomic E-state index is 4.46. The molecule has 1 saturated heterocycles. The van der Waals surface area contributed by atoms with E-state index in [4.69, 9.17) is 0 Å². The van der Waals surface area contributed by atoms with Gasteiger partial charge in [-0.05, 0) is 45.1 Å². The Labute approximate surface area is 112 Å². The van der Waals surface area contributed by atoms with Gasteiger partial charge in [-0.2, -0.15) is 0 Å². The van der Waals surface area contributed by atoms with Crippen LogP contribution < -0.4 is 5.32 Å². The minimum Gasteiger partial charge on any atom is -0.313 e. The van der Waals surface area contributed by atoms with Crippen molar-refractivity contribution in [2.75, 3.05) is 12.3 Å². The van der Waals surface area contributed by atoms with Gasteiger partial charge in [-0.3, -0.25) is 0 Å². The van der Waals surface area contributed by atoms with E-state index < -0.39 is 0 Å². The zero-order valence-electron chi connectivity index (χ0n) is 10.6. The number of rotatable bonds is 5. The van der Waals surface area contributed by atoms with Crippen molar-refractivity contribution in [3.63, 3.8) is 0 Å². The van der Waals surface area contributed by atoms with Gasteiger partial charge in [0.05, 0.1) is 0 Å². The Hall–Kier alpha value is -0.550. The Kier molecular flexibility index (Phi) is 2.84. The van der Waals surface area contributed by atoms with Gasteiger partial charge in [-0.1, -0.05) is 11.8 Å². The number of hydrogen-bond donors (Lipinski definition) is 1. The summed E-state index contributed by atoms with van der Waals surface area (Å²) in [6.45, 7) is 1.19. The summed E-state index contributed by atoms with van der Waals surface area (Å²) in [5, 5.41) is 13.6. The highest BCUT2D eigenvalue weighted by Crippen LogP contribution is 2.46. The van der Waals surface area contributed by atoms with Crippen molar-refractivity contribution >= 4 is 11.8 Å². The summed E-state index contributed by atoms with van der Waals surface area (Å²) in [7, 11) is 0. The summed E-state index contributed by atoms with van der Waals surface area (Å²) in [5.41, 5.74) is 0. The van der Waals surface area contributed by atoms with Gasteiger partial charge in [0.2, 0.25) is 0 Å². The molecular formula is C13H20N4S. The number of hydrogen-bond acceptors (Lipinski definition) is 4. The van der Waals surface area contributed by atoms with Crippen molar-refractivity contribution in [2.45, 2.75) is 61.7 Å². The van der Waals surface area contributed by atoms with Crippen LogP contribution in [-0.2, 0) is 0 Å². The molecule has 1 N–H and O–H groups in total. The molecule has 0 bridgehead atoms. The van der Waals surface area contributed by atoms with Gasteiger partial charge in [0.15, 0.2) is 5.16 Å². The van der Waals surface area contributed by atoms with Gasteiger partial charge in [-0.25, -0.2) is 0 Å². The quantitative estimate of drug-likeness (QED) is 0.829. The second-order valence-corrected chi connectivity index (χ2v) is 6.81. The van der Waals surface area contributed by atoms with E-state index in [2.05, 4.69) is 20.1 Å². The molecule has 5 heteroatoms. The number of thioether (sulfide) groups is 1. The Bertz CT molecular complexity index is 430. The molecular weight excluding hydrogens is 244 g/mol. The van der Waals surface area contributed by atoms with Crippen molar-refractivity contribution in [1.82, 2.24) is 20.1 Å². The zero-order valence-corrected chi connectivity index (χ0v) is 11.5. The van der Waals surface area contributed by atoms with Crippen molar-refractivity contribution in [2.24, 2.45) is 0 Å². The SMILES string of the molecule is C1CN[C@H](CSc2nnc(C3CC3)n2C2CC2)C1. The van der Waals surface area contributed by atoms with Crippen molar-refractivity contribution in [1.29, 1.82) is 0 Å². The lowest BCUT2D eigenvalue weighted by molar-refractivity contribution is 0.623. The maximum Gasteiger partial charge on any atom is 0.191 e. The van der Waals surface area contributed by atoms with Crippen LogP contribution in [0.5, 0.6) is 0 Å². The van der Waals surface area contributed by atoms with Gasteiger partial charge in [-0.15, -0.1) is 10.2 Å². The van der Waals surface area contributed by atoms with Gasteiger partial charge in [0.25, 0.3) is 0 Å². The van der Waals surface area contributed by atoms with Gasteiger partial charge < -0.3 is 9.88 Å². The predicted molar refractivity (Wildman–Crippen MR) is 72.0 cm³/mol. The predicted octanol–water partition coefficient (Wildman–Crippen LogP) is 2.33. The topological polar surface area (TPSA) is 42.7 Å². The lowest BCUT2D eigenvalue weighted by Crippen LogP contribution is -2.23. The van der Waals surface area contributed by atoms with E-state index in [-0.39, 0.29) is 0 Å². The molecule has 1 aromatic rings. The first-order chi connectivity index (χ1) is 8.92. The van der Waals surface area contributed by atoms with E-state index in [0.717, 1.165) is 17.7 Å². The molecule has 3 fully saturated rings. The van der Waals surface area contributed by atoms with E-state index in [1.165, 1.54) is 56.1 Å². The zero-order chi connectivity index (χ0) is 11.9. The molecule has 0 unspecified atom stereocenters. The highest BCUT2D eigenvalue weighted by molar-refractivity contribution is 7.99. The first-order valence-corrected chi connectivity index (χ1v) is 8.21. The third-order valence-electron chi connectivity index (χ3n) is 4.12. The van der Waals surface area contributed by atoms with Crippen LogP contribution in [0.15, 0.2) is 5.16 Å². The number of nitrogens with one attached hydrogen (secondary N) is 1. The molecule has 1 aliphatic heterocycles. The van der Waals surface area contributed by atoms with E-state index in [1.54, 1.807) is 0 Å². The average Bonchev–Trinajstić information content (AvgIpc) is 3.31. The summed E-state index contributed by atoms with van der Waals surface area (Å²) in [4.78, 5) is 0. The standard InChI is InChI=1S/C13H20N4S/c1-2-10(14-7-1)8-18-13-16-15-12(9-3-4-9)17(13)11-5-6-11/h9-11,14H,1-8H2/t10-/m0/s1. The summed E-state index contributed by atoms with van der Waals surface area (Å²) in [6, 6.07) is 1.40. The average molecular weight is 264 g/mol. The maximum absolute atomic E-state index is 4.46. The Morgan fingerprint density at radius 3 is 2.72 bits per heavy atom. The van der Waals surface area contributed by atoms with E-state index in [9.17, 15) is 0 Å². The smallest absolute Gasteiger partial charge is 0.191 e. The molecule has 2 heterocycles. The molecule has 2 aliphatic carbocycles. The summed E-state index contributed by atoms with van der Waals surface area (Å²) >= 11 is 1.91. The van der Waals surface area contributed by atoms with Crippen LogP contribution in [0, 0.1) is 0 Å². The highest BCUT2D eigenvalue weighted by Gasteiger charge is 2.36. The molecule has 0 spiro atoms. The van der Waals surface area contributed by atoms with Gasteiger partial charge in [0.1, 0.15) is 5.82 Å². The minimum atomic E-state index is 0.684. The fraction of sp³-hybridized carbons (Fsp3) is 0.846. The fourth-order valence-corrected chi connectivity index (χ4v) is 3.87. The lowest BCUT2D eigenvalue weighted by Gasteiger charge is -2.11. The van der Waals surface area contributed by atoms with Crippen LogP contribution in [0.25, 0.3) is 0 Å². The first-order valence-electron chi connectivity index (χ1n) is 7.23. The highest BCUT2D eigenvalue weighted by atomic mass is 32.2. The second kappa shape index (κ2) is 4.53. The monoisotopic (exact) mass is 264 g/mol. The molecule has 0 aromatic carbocycles. The molecule has 4 rings (SSSR count). The van der Waals surface area contributed by atoms with E-state index in [1.807, 2.05) is 11.8 Å². The molecule has 98 valence electrons. The largest absolute Gasteiger partial charge is 0.313 e. The Balaban J connectivity index is 1.48. The third kappa shape index (κ3) is 2.18. The van der Waals surface area contributed by atoms with Crippen LogP contribution >= 0.6 is 11.8 Å². The normalized spacial score (nSPS) is 27.9. The molecule has 2 saturated carbocycles. The summed E-state index contributed by atoms with van der Waals surface area (Å²) in [5.74, 6) is 3.15. The molecule has 4 nitrogen and oxygen atoms in total. The summed E-state index contributed by atoms with van der Waals surface area (Å²) < 4.78 is 2.46. The van der Waals surface area contributed by atoms with Crippen LogP contribution in [0.4, 0.5) is 0 Å². The van der Waals surface area contributed by atoms with E-state index >= 15 is 0 Å². The second-order valence-electron chi connectivity index (χ2n) is 5.82. The Morgan fingerprint density at radius 2 is 2.06 bits per heavy atom. The molecule has 18 heavy (non-hydrogen) atoms. The summed E-state index contributed by atoms with van der Waals surface area (Å²) in [6.07, 6.45) is 7.94. The van der Waals surface area contributed by atoms with Gasteiger partial charge in [0, 0.05) is 23.8 Å². The molecule has 1 atom stereocenters. The number of aromatic nitrogens is 3. The lowest BCUT2D eigenvalue weighted by atomic mass is 10.3. The van der Waals surface area contributed by atoms with Crippen LogP contribution in [0.2, 0.25) is 0 Å². The van der Waals surface area contributed by atoms with Crippen LogP contribution in [0.3, 0.4) is 0 Å². The van der Waals surface area contributed by atoms with Crippen molar-refractivity contribution in [3.05, 3.63) is 5.82 Å². The van der Waals surface area contributed by atoms with Gasteiger partial charge >= 0.3 is 0 Å². The fourth-order valence-electron chi connectivity index (χ4n) is 2.76. The van der Waals surface area contributed by atoms with Crippen molar-refractivity contribution < 1.29 is 0 Å². The van der Waals surface area contributed by atoms with E-state index in [0.29, 0.717) is 6.04 Å². The molecule has 0 radical (unpaired) electrons.